The van der Waals surface area contributed by atoms with Crippen molar-refractivity contribution in [3.63, 3.8) is 0 Å². The van der Waals surface area contributed by atoms with Crippen molar-refractivity contribution in [1.29, 1.82) is 0 Å². The normalized spacial score (nSPS) is 16.5. The third kappa shape index (κ3) is 4.39. The summed E-state index contributed by atoms with van der Waals surface area (Å²) >= 11 is 0. The maximum atomic E-state index is 14.7. The first kappa shape index (κ1) is 21.2. The quantitative estimate of drug-likeness (QED) is 0.638. The van der Waals surface area contributed by atoms with Gasteiger partial charge in [-0.05, 0) is 30.2 Å². The van der Waals surface area contributed by atoms with Crippen molar-refractivity contribution >= 4 is 22.8 Å². The van der Waals surface area contributed by atoms with Crippen LogP contribution < -0.4 is 11.1 Å². The molecule has 0 bridgehead atoms. The Morgan fingerprint density at radius 1 is 1.32 bits per heavy atom. The molecular formula is C21H27FN6O3. The van der Waals surface area contributed by atoms with Crippen molar-refractivity contribution < 1.29 is 18.3 Å². The summed E-state index contributed by atoms with van der Waals surface area (Å²) in [5.74, 6) is -0.335. The number of carbonyl (C=O) groups excluding carboxylic acids is 1. The highest BCUT2D eigenvalue weighted by Gasteiger charge is 2.34. The number of nitrogens with two attached hydrogens (primary N) is 1. The molecule has 1 aliphatic rings. The standard InChI is InChI=1S/C21H27FN6O3/c1-21(2,3)17(19-25-26-20(23)31-19)24-18(29)15-13-5-4-6-14(22)16(13)28(27-15)11-12-7-9-30-10-8-12/h4-6,12,17H,7-11H2,1-3H3,(H2,23,26)(H,24,29)/t17-/m1/s1. The first-order valence-corrected chi connectivity index (χ1v) is 10.4. The van der Waals surface area contributed by atoms with Gasteiger partial charge in [-0.15, -0.1) is 5.10 Å². The van der Waals surface area contributed by atoms with Crippen molar-refractivity contribution in [2.75, 3.05) is 18.9 Å². The Hall–Kier alpha value is -3.01. The molecule has 1 aliphatic heterocycles. The van der Waals surface area contributed by atoms with Gasteiger partial charge >= 0.3 is 6.01 Å². The lowest BCUT2D eigenvalue weighted by atomic mass is 9.86. The van der Waals surface area contributed by atoms with Crippen LogP contribution in [0.3, 0.4) is 0 Å². The van der Waals surface area contributed by atoms with Crippen molar-refractivity contribution in [3.8, 4) is 0 Å². The van der Waals surface area contributed by atoms with Gasteiger partial charge in [0.2, 0.25) is 5.89 Å². The van der Waals surface area contributed by atoms with Crippen LogP contribution in [0.5, 0.6) is 0 Å². The number of rotatable bonds is 5. The number of nitrogens with one attached hydrogen (secondary N) is 1. The van der Waals surface area contributed by atoms with Crippen LogP contribution in [0.25, 0.3) is 10.9 Å². The molecule has 0 unspecified atom stereocenters. The highest BCUT2D eigenvalue weighted by atomic mass is 19.1. The molecule has 31 heavy (non-hydrogen) atoms. The largest absolute Gasteiger partial charge is 0.406 e. The lowest BCUT2D eigenvalue weighted by molar-refractivity contribution is 0.0604. The van der Waals surface area contributed by atoms with Crippen molar-refractivity contribution in [2.45, 2.75) is 46.2 Å². The number of carbonyl (C=O) groups is 1. The van der Waals surface area contributed by atoms with Gasteiger partial charge in [-0.3, -0.25) is 9.48 Å². The molecule has 0 spiro atoms. The molecule has 1 saturated heterocycles. The Labute approximate surface area is 179 Å². The highest BCUT2D eigenvalue weighted by Crippen LogP contribution is 2.33. The van der Waals surface area contributed by atoms with E-state index in [-0.39, 0.29) is 17.6 Å². The second kappa shape index (κ2) is 8.26. The molecule has 10 heteroatoms. The monoisotopic (exact) mass is 430 g/mol. The number of amides is 1. The van der Waals surface area contributed by atoms with Crippen LogP contribution in [-0.2, 0) is 11.3 Å². The van der Waals surface area contributed by atoms with Crippen LogP contribution in [0.1, 0.15) is 56.0 Å². The number of fused-ring (bicyclic) bond motifs is 1. The fourth-order valence-electron chi connectivity index (χ4n) is 3.88. The maximum absolute atomic E-state index is 14.7. The van der Waals surface area contributed by atoms with Crippen LogP contribution in [0, 0.1) is 17.2 Å². The zero-order valence-corrected chi connectivity index (χ0v) is 17.9. The molecule has 3 aromatic rings. The minimum atomic E-state index is -0.603. The second-order valence-corrected chi connectivity index (χ2v) is 8.97. The smallest absolute Gasteiger partial charge is 0.312 e. The summed E-state index contributed by atoms with van der Waals surface area (Å²) in [4.78, 5) is 13.3. The maximum Gasteiger partial charge on any atom is 0.312 e. The van der Waals surface area contributed by atoms with E-state index in [4.69, 9.17) is 14.9 Å². The number of hydrogen-bond acceptors (Lipinski definition) is 7. The van der Waals surface area contributed by atoms with E-state index in [0.29, 0.717) is 36.6 Å². The molecule has 0 saturated carbocycles. The SMILES string of the molecule is CC(C)(C)[C@H](NC(=O)c1nn(CC2CCOCC2)c2c(F)cccc12)c1nnc(N)o1. The average molecular weight is 430 g/mol. The van der Waals surface area contributed by atoms with Crippen LogP contribution in [-0.4, -0.2) is 39.1 Å². The Morgan fingerprint density at radius 2 is 2.06 bits per heavy atom. The summed E-state index contributed by atoms with van der Waals surface area (Å²) in [5, 5.41) is 15.5. The van der Waals surface area contributed by atoms with Gasteiger partial charge in [0, 0.05) is 25.1 Å². The van der Waals surface area contributed by atoms with E-state index >= 15 is 0 Å². The predicted molar refractivity (Wildman–Crippen MR) is 112 cm³/mol. The van der Waals surface area contributed by atoms with Crippen LogP contribution >= 0.6 is 0 Å². The van der Waals surface area contributed by atoms with Gasteiger partial charge in [-0.1, -0.05) is 38.0 Å². The zero-order chi connectivity index (χ0) is 22.2. The lowest BCUT2D eigenvalue weighted by Gasteiger charge is -2.28. The molecule has 2 aromatic heterocycles. The second-order valence-electron chi connectivity index (χ2n) is 8.97. The Kier molecular flexibility index (Phi) is 5.65. The summed E-state index contributed by atoms with van der Waals surface area (Å²) in [6.45, 7) is 7.68. The minimum Gasteiger partial charge on any atom is -0.406 e. The van der Waals surface area contributed by atoms with Crippen molar-refractivity contribution in [1.82, 2.24) is 25.3 Å². The number of ether oxygens (including phenoxy) is 1. The van der Waals surface area contributed by atoms with E-state index in [1.807, 2.05) is 20.8 Å². The molecule has 3 heterocycles. The zero-order valence-electron chi connectivity index (χ0n) is 17.9. The predicted octanol–water partition coefficient (Wildman–Crippen LogP) is 3.08. The molecule has 1 amide bonds. The number of nitrogens with zero attached hydrogens (tertiary/aromatic N) is 4. The topological polar surface area (TPSA) is 121 Å². The fraction of sp³-hybridized carbons (Fsp3) is 0.524. The molecule has 1 fully saturated rings. The average Bonchev–Trinajstić information content (AvgIpc) is 3.30. The number of aromatic nitrogens is 4. The van der Waals surface area contributed by atoms with Crippen molar-refractivity contribution in [2.24, 2.45) is 11.3 Å². The molecule has 4 rings (SSSR count). The summed E-state index contributed by atoms with van der Waals surface area (Å²) < 4.78 is 27.1. The van der Waals surface area contributed by atoms with Gasteiger partial charge in [0.1, 0.15) is 17.4 Å². The lowest BCUT2D eigenvalue weighted by Crippen LogP contribution is -2.37. The van der Waals surface area contributed by atoms with E-state index in [0.717, 1.165) is 12.8 Å². The molecule has 1 aromatic carbocycles. The van der Waals surface area contributed by atoms with E-state index in [9.17, 15) is 9.18 Å². The number of nitrogen functional groups attached to an aromatic ring is 1. The number of halogens is 1. The molecule has 1 atom stereocenters. The van der Waals surface area contributed by atoms with E-state index in [1.165, 1.54) is 6.07 Å². The van der Waals surface area contributed by atoms with E-state index in [2.05, 4.69) is 20.6 Å². The number of benzene rings is 1. The minimum absolute atomic E-state index is 0.0771. The Balaban J connectivity index is 1.68. The van der Waals surface area contributed by atoms with Gasteiger partial charge in [0.25, 0.3) is 5.91 Å². The molecular weight excluding hydrogens is 403 g/mol. The van der Waals surface area contributed by atoms with Crippen molar-refractivity contribution in [3.05, 3.63) is 35.6 Å². The number of anilines is 1. The number of hydrogen-bond donors (Lipinski definition) is 2. The molecule has 0 aliphatic carbocycles. The highest BCUT2D eigenvalue weighted by molar-refractivity contribution is 6.05. The summed E-state index contributed by atoms with van der Waals surface area (Å²) in [5.41, 5.74) is 5.60. The Morgan fingerprint density at radius 3 is 2.71 bits per heavy atom. The molecule has 9 nitrogen and oxygen atoms in total. The third-order valence-corrected chi connectivity index (χ3v) is 5.55. The number of para-hydroxylation sites is 1. The first-order chi connectivity index (χ1) is 14.7. The van der Waals surface area contributed by atoms with E-state index < -0.39 is 23.2 Å². The summed E-state index contributed by atoms with van der Waals surface area (Å²) in [6, 6.07) is 3.98. The van der Waals surface area contributed by atoms with E-state index in [1.54, 1.807) is 16.8 Å². The van der Waals surface area contributed by atoms with Crippen LogP contribution in [0.2, 0.25) is 0 Å². The molecule has 3 N–H and O–H groups in total. The first-order valence-electron chi connectivity index (χ1n) is 10.4. The third-order valence-electron chi connectivity index (χ3n) is 5.55. The molecule has 0 radical (unpaired) electrons. The summed E-state index contributed by atoms with van der Waals surface area (Å²) in [7, 11) is 0. The van der Waals surface area contributed by atoms with Gasteiger partial charge in [0.15, 0.2) is 5.69 Å². The molecule has 166 valence electrons. The van der Waals surface area contributed by atoms with Crippen LogP contribution in [0.4, 0.5) is 10.4 Å². The fourth-order valence-corrected chi connectivity index (χ4v) is 3.88. The Bertz CT molecular complexity index is 1080. The van der Waals surface area contributed by atoms with Gasteiger partial charge in [0.05, 0.1) is 0 Å². The summed E-state index contributed by atoms with van der Waals surface area (Å²) in [6.07, 6.45) is 1.75. The van der Waals surface area contributed by atoms with Gasteiger partial charge < -0.3 is 20.2 Å². The van der Waals surface area contributed by atoms with Gasteiger partial charge in [-0.2, -0.15) is 5.10 Å². The van der Waals surface area contributed by atoms with Gasteiger partial charge in [-0.25, -0.2) is 4.39 Å². The van der Waals surface area contributed by atoms with Crippen LogP contribution in [0.15, 0.2) is 22.6 Å².